The van der Waals surface area contributed by atoms with Gasteiger partial charge in [0, 0.05) is 8.95 Å². The quantitative estimate of drug-likeness (QED) is 0.768. The van der Waals surface area contributed by atoms with E-state index in [1.54, 1.807) is 12.1 Å². The average molecular weight is 435 g/mol. The molecule has 0 bridgehead atoms. The number of hydrogen-bond acceptors (Lipinski definition) is 3. The van der Waals surface area contributed by atoms with Crippen LogP contribution in [0.15, 0.2) is 56.3 Å². The van der Waals surface area contributed by atoms with Gasteiger partial charge in [-0.2, -0.15) is 0 Å². The molecule has 2 aromatic carbocycles. The normalized spacial score (nSPS) is 11.1. The van der Waals surface area contributed by atoms with Crippen molar-refractivity contribution < 1.29 is 18.3 Å². The Labute approximate surface area is 138 Å². The highest BCUT2D eigenvalue weighted by atomic mass is 79.9. The van der Waals surface area contributed by atoms with Crippen LogP contribution in [0.3, 0.4) is 0 Å². The van der Waals surface area contributed by atoms with Crippen molar-refractivity contribution in [3.63, 3.8) is 0 Å². The van der Waals surface area contributed by atoms with E-state index in [-0.39, 0.29) is 16.1 Å². The second-order valence-corrected chi connectivity index (χ2v) is 7.52. The first-order valence-corrected chi connectivity index (χ1v) is 8.68. The van der Waals surface area contributed by atoms with E-state index in [0.717, 1.165) is 0 Å². The Hall–Kier alpha value is -1.38. The van der Waals surface area contributed by atoms with Crippen LogP contribution >= 0.6 is 31.9 Å². The lowest BCUT2D eigenvalue weighted by atomic mass is 10.2. The molecule has 110 valence electrons. The van der Waals surface area contributed by atoms with Gasteiger partial charge >= 0.3 is 5.97 Å². The number of halogens is 2. The van der Waals surface area contributed by atoms with Gasteiger partial charge in [-0.25, -0.2) is 13.2 Å². The molecule has 0 unspecified atom stereocenters. The molecule has 21 heavy (non-hydrogen) atoms. The van der Waals surface area contributed by atoms with Crippen molar-refractivity contribution in [2.45, 2.75) is 4.90 Å². The minimum Gasteiger partial charge on any atom is -0.478 e. The minimum absolute atomic E-state index is 0.0623. The average Bonchev–Trinajstić information content (AvgIpc) is 2.40. The first-order chi connectivity index (χ1) is 9.79. The number of aromatic carboxylic acids is 1. The zero-order valence-corrected chi connectivity index (χ0v) is 14.4. The molecule has 2 aromatic rings. The molecule has 0 aliphatic carbocycles. The standard InChI is InChI=1S/C13H9Br2NO4S/c14-9-2-1-3-10(7-9)21(19,20)16-12-5-4-8(13(17)18)6-11(12)15/h1-7,16H,(H,17,18). The van der Waals surface area contributed by atoms with E-state index < -0.39 is 16.0 Å². The Balaban J connectivity index is 2.35. The molecule has 0 aliphatic rings. The van der Waals surface area contributed by atoms with Gasteiger partial charge in [-0.15, -0.1) is 0 Å². The zero-order chi connectivity index (χ0) is 15.6. The Morgan fingerprint density at radius 3 is 2.38 bits per heavy atom. The highest BCUT2D eigenvalue weighted by molar-refractivity contribution is 9.10. The van der Waals surface area contributed by atoms with Crippen molar-refractivity contribution in [3.8, 4) is 0 Å². The summed E-state index contributed by atoms with van der Waals surface area (Å²) in [6, 6.07) is 10.3. The molecule has 0 fully saturated rings. The third-order valence-electron chi connectivity index (χ3n) is 2.57. The second kappa shape index (κ2) is 6.17. The van der Waals surface area contributed by atoms with E-state index in [1.165, 1.54) is 30.3 Å². The van der Waals surface area contributed by atoms with Crippen molar-refractivity contribution in [1.82, 2.24) is 0 Å². The summed E-state index contributed by atoms with van der Waals surface area (Å²) in [6.07, 6.45) is 0. The fourth-order valence-electron chi connectivity index (χ4n) is 1.57. The molecule has 5 nitrogen and oxygen atoms in total. The number of carboxylic acid groups (broad SMARTS) is 1. The van der Waals surface area contributed by atoms with E-state index in [1.807, 2.05) is 0 Å². The minimum atomic E-state index is -3.75. The fraction of sp³-hybridized carbons (Fsp3) is 0. The monoisotopic (exact) mass is 433 g/mol. The predicted octanol–water partition coefficient (Wildman–Crippen LogP) is 3.71. The first kappa shape index (κ1) is 16.0. The number of nitrogens with one attached hydrogen (secondary N) is 1. The number of sulfonamides is 1. The lowest BCUT2D eigenvalue weighted by Gasteiger charge is -2.10. The summed E-state index contributed by atoms with van der Waals surface area (Å²) in [7, 11) is -3.75. The van der Waals surface area contributed by atoms with Crippen molar-refractivity contribution in [3.05, 3.63) is 57.0 Å². The van der Waals surface area contributed by atoms with Gasteiger partial charge in [-0.3, -0.25) is 4.72 Å². The van der Waals surface area contributed by atoms with Crippen LogP contribution in [-0.4, -0.2) is 19.5 Å². The van der Waals surface area contributed by atoms with Crippen LogP contribution in [0.25, 0.3) is 0 Å². The van der Waals surface area contributed by atoms with E-state index in [9.17, 15) is 13.2 Å². The SMILES string of the molecule is O=C(O)c1ccc(NS(=O)(=O)c2cccc(Br)c2)c(Br)c1. The summed E-state index contributed by atoms with van der Waals surface area (Å²) < 4.78 is 27.9. The zero-order valence-electron chi connectivity index (χ0n) is 10.4. The summed E-state index contributed by atoms with van der Waals surface area (Å²) in [5, 5.41) is 8.88. The van der Waals surface area contributed by atoms with Crippen molar-refractivity contribution in [1.29, 1.82) is 0 Å². The Morgan fingerprint density at radius 2 is 1.81 bits per heavy atom. The van der Waals surface area contributed by atoms with E-state index in [4.69, 9.17) is 5.11 Å². The third-order valence-corrected chi connectivity index (χ3v) is 5.08. The molecular formula is C13H9Br2NO4S. The van der Waals surface area contributed by atoms with Gasteiger partial charge in [0.2, 0.25) is 0 Å². The lowest BCUT2D eigenvalue weighted by Crippen LogP contribution is -2.13. The molecule has 0 spiro atoms. The molecule has 0 amide bonds. The highest BCUT2D eigenvalue weighted by Crippen LogP contribution is 2.27. The van der Waals surface area contributed by atoms with Gasteiger partial charge in [0.15, 0.2) is 0 Å². The maximum atomic E-state index is 12.3. The summed E-state index contributed by atoms with van der Waals surface area (Å²) in [4.78, 5) is 10.9. The molecule has 0 atom stereocenters. The summed E-state index contributed by atoms with van der Waals surface area (Å²) in [6.45, 7) is 0. The molecule has 0 heterocycles. The van der Waals surface area contributed by atoms with E-state index in [2.05, 4.69) is 36.6 Å². The number of rotatable bonds is 4. The van der Waals surface area contributed by atoms with Gasteiger partial charge in [0.1, 0.15) is 0 Å². The number of anilines is 1. The van der Waals surface area contributed by atoms with E-state index in [0.29, 0.717) is 8.95 Å². The third kappa shape index (κ3) is 3.84. The highest BCUT2D eigenvalue weighted by Gasteiger charge is 2.16. The molecule has 2 N–H and O–H groups in total. The summed E-state index contributed by atoms with van der Waals surface area (Å²) in [5.74, 6) is -1.09. The van der Waals surface area contributed by atoms with Gasteiger partial charge < -0.3 is 5.11 Å². The van der Waals surface area contributed by atoms with Crippen LogP contribution in [0, 0.1) is 0 Å². The van der Waals surface area contributed by atoms with Crippen molar-refractivity contribution in [2.75, 3.05) is 4.72 Å². The van der Waals surface area contributed by atoms with Crippen LogP contribution in [0.4, 0.5) is 5.69 Å². The van der Waals surface area contributed by atoms with Gasteiger partial charge in [0.05, 0.1) is 16.1 Å². The van der Waals surface area contributed by atoms with Crippen LogP contribution in [0.1, 0.15) is 10.4 Å². The molecule has 0 aliphatic heterocycles. The van der Waals surface area contributed by atoms with E-state index >= 15 is 0 Å². The van der Waals surface area contributed by atoms with Crippen LogP contribution in [0.2, 0.25) is 0 Å². The maximum absolute atomic E-state index is 12.3. The topological polar surface area (TPSA) is 83.5 Å². The van der Waals surface area contributed by atoms with Crippen LogP contribution in [0.5, 0.6) is 0 Å². The Bertz CT molecular complexity index is 806. The number of hydrogen-bond donors (Lipinski definition) is 2. The molecule has 0 aromatic heterocycles. The molecular weight excluding hydrogens is 426 g/mol. The van der Waals surface area contributed by atoms with Gasteiger partial charge in [-0.1, -0.05) is 22.0 Å². The largest absolute Gasteiger partial charge is 0.478 e. The van der Waals surface area contributed by atoms with Crippen LogP contribution < -0.4 is 4.72 Å². The first-order valence-electron chi connectivity index (χ1n) is 5.61. The molecule has 2 rings (SSSR count). The molecule has 0 radical (unpaired) electrons. The lowest BCUT2D eigenvalue weighted by molar-refractivity contribution is 0.0697. The number of carboxylic acids is 1. The van der Waals surface area contributed by atoms with Crippen molar-refractivity contribution in [2.24, 2.45) is 0 Å². The molecule has 0 saturated heterocycles. The molecule has 0 saturated carbocycles. The maximum Gasteiger partial charge on any atom is 0.335 e. The summed E-state index contributed by atoms with van der Waals surface area (Å²) in [5.41, 5.74) is 0.326. The Kier molecular flexibility index (Phi) is 4.70. The molecule has 8 heteroatoms. The summed E-state index contributed by atoms with van der Waals surface area (Å²) >= 11 is 6.37. The van der Waals surface area contributed by atoms with Crippen molar-refractivity contribution >= 4 is 53.5 Å². The van der Waals surface area contributed by atoms with Gasteiger partial charge in [-0.05, 0) is 52.3 Å². The predicted molar refractivity (Wildman–Crippen MR) is 86.1 cm³/mol. The smallest absolute Gasteiger partial charge is 0.335 e. The van der Waals surface area contributed by atoms with Crippen LogP contribution in [-0.2, 0) is 10.0 Å². The number of benzene rings is 2. The van der Waals surface area contributed by atoms with Gasteiger partial charge in [0.25, 0.3) is 10.0 Å². The number of carbonyl (C=O) groups is 1. The second-order valence-electron chi connectivity index (χ2n) is 4.06. The Morgan fingerprint density at radius 1 is 1.10 bits per heavy atom. The fourth-order valence-corrected chi connectivity index (χ4v) is 3.85.